The lowest BCUT2D eigenvalue weighted by molar-refractivity contribution is -0.115. The van der Waals surface area contributed by atoms with E-state index in [0.717, 1.165) is 31.2 Å². The minimum absolute atomic E-state index is 0.0461. The van der Waals surface area contributed by atoms with Gasteiger partial charge in [-0.1, -0.05) is 6.92 Å². The van der Waals surface area contributed by atoms with Gasteiger partial charge in [0.1, 0.15) is 0 Å². The standard InChI is InChI=1S/C13H22N4OS/c1-10-3-5-17(6-4-10)8-11-9-19-13(15-11)16-12(18)7-14-2/h9-10,14H,3-8H2,1-2H3,(H,15,16,18). The van der Waals surface area contributed by atoms with Crippen LogP contribution in [0.4, 0.5) is 5.13 Å². The lowest BCUT2D eigenvalue weighted by atomic mass is 9.99. The fourth-order valence-corrected chi connectivity index (χ4v) is 2.93. The van der Waals surface area contributed by atoms with E-state index in [0.29, 0.717) is 11.7 Å². The number of piperidine rings is 1. The van der Waals surface area contributed by atoms with Crippen molar-refractivity contribution in [1.82, 2.24) is 15.2 Å². The van der Waals surface area contributed by atoms with Crippen LogP contribution in [0.1, 0.15) is 25.5 Å². The number of carbonyl (C=O) groups excluding carboxylic acids is 1. The maximum absolute atomic E-state index is 11.4. The maximum Gasteiger partial charge on any atom is 0.240 e. The van der Waals surface area contributed by atoms with E-state index in [4.69, 9.17) is 0 Å². The minimum atomic E-state index is -0.0461. The molecule has 0 radical (unpaired) electrons. The van der Waals surface area contributed by atoms with E-state index in [2.05, 4.69) is 27.4 Å². The Morgan fingerprint density at radius 3 is 2.95 bits per heavy atom. The van der Waals surface area contributed by atoms with E-state index in [9.17, 15) is 4.79 Å². The van der Waals surface area contributed by atoms with Crippen molar-refractivity contribution in [2.24, 2.45) is 5.92 Å². The zero-order valence-electron chi connectivity index (χ0n) is 11.6. The predicted molar refractivity (Wildman–Crippen MR) is 78.3 cm³/mol. The number of hydrogen-bond acceptors (Lipinski definition) is 5. The highest BCUT2D eigenvalue weighted by atomic mass is 32.1. The summed E-state index contributed by atoms with van der Waals surface area (Å²) in [5, 5.41) is 8.35. The third-order valence-corrected chi connectivity index (χ3v) is 4.20. The number of amides is 1. The Morgan fingerprint density at radius 1 is 1.53 bits per heavy atom. The molecule has 106 valence electrons. The second-order valence-electron chi connectivity index (χ2n) is 5.18. The van der Waals surface area contributed by atoms with Gasteiger partial charge in [0.15, 0.2) is 5.13 Å². The van der Waals surface area contributed by atoms with Crippen molar-refractivity contribution in [2.75, 3.05) is 32.0 Å². The third-order valence-electron chi connectivity index (χ3n) is 3.40. The molecule has 0 aromatic carbocycles. The average Bonchev–Trinajstić information content (AvgIpc) is 2.80. The number of anilines is 1. The Kier molecular flexibility index (Phi) is 5.30. The Bertz CT molecular complexity index is 413. The zero-order chi connectivity index (χ0) is 13.7. The van der Waals surface area contributed by atoms with E-state index in [-0.39, 0.29) is 5.91 Å². The summed E-state index contributed by atoms with van der Waals surface area (Å²) in [5.74, 6) is 0.804. The predicted octanol–water partition coefficient (Wildman–Crippen LogP) is 1.53. The third kappa shape index (κ3) is 4.56. The summed E-state index contributed by atoms with van der Waals surface area (Å²) in [7, 11) is 1.75. The van der Waals surface area contributed by atoms with Crippen LogP contribution in [0.25, 0.3) is 0 Å². The van der Waals surface area contributed by atoms with Gasteiger partial charge in [0.05, 0.1) is 12.2 Å². The Morgan fingerprint density at radius 2 is 2.26 bits per heavy atom. The summed E-state index contributed by atoms with van der Waals surface area (Å²) in [6.07, 6.45) is 2.55. The summed E-state index contributed by atoms with van der Waals surface area (Å²) in [6, 6.07) is 0. The van der Waals surface area contributed by atoms with Crippen molar-refractivity contribution in [2.45, 2.75) is 26.3 Å². The SMILES string of the molecule is CNCC(=O)Nc1nc(CN2CCC(C)CC2)cs1. The van der Waals surface area contributed by atoms with Gasteiger partial charge in [0.25, 0.3) is 0 Å². The lowest BCUT2D eigenvalue weighted by Crippen LogP contribution is -2.32. The highest BCUT2D eigenvalue weighted by Gasteiger charge is 2.16. The molecule has 1 amide bonds. The quantitative estimate of drug-likeness (QED) is 0.860. The number of hydrogen-bond donors (Lipinski definition) is 2. The first kappa shape index (κ1) is 14.4. The molecule has 1 aliphatic heterocycles. The molecule has 6 heteroatoms. The number of carbonyl (C=O) groups is 1. The molecule has 0 unspecified atom stereocenters. The van der Waals surface area contributed by atoms with Gasteiger partial charge in [-0.15, -0.1) is 11.3 Å². The van der Waals surface area contributed by atoms with E-state index in [1.807, 2.05) is 5.38 Å². The van der Waals surface area contributed by atoms with Crippen LogP contribution in [0.5, 0.6) is 0 Å². The second-order valence-corrected chi connectivity index (χ2v) is 6.04. The molecule has 1 aliphatic rings. The molecule has 0 bridgehead atoms. The molecule has 2 rings (SSSR count). The number of nitrogens with one attached hydrogen (secondary N) is 2. The van der Waals surface area contributed by atoms with Gasteiger partial charge in [-0.25, -0.2) is 4.98 Å². The molecule has 0 saturated carbocycles. The van der Waals surface area contributed by atoms with Gasteiger partial charge in [-0.05, 0) is 38.9 Å². The first-order valence-electron chi connectivity index (χ1n) is 6.78. The molecule has 2 N–H and O–H groups in total. The molecule has 5 nitrogen and oxygen atoms in total. The molecule has 1 saturated heterocycles. The average molecular weight is 282 g/mol. The van der Waals surface area contributed by atoms with Crippen molar-refractivity contribution in [3.05, 3.63) is 11.1 Å². The monoisotopic (exact) mass is 282 g/mol. The molecule has 1 aromatic rings. The second kappa shape index (κ2) is 6.98. The van der Waals surface area contributed by atoms with Crippen LogP contribution in [-0.4, -0.2) is 42.5 Å². The van der Waals surface area contributed by atoms with E-state index in [1.165, 1.54) is 24.2 Å². The van der Waals surface area contributed by atoms with Gasteiger partial charge in [-0.3, -0.25) is 9.69 Å². The number of likely N-dealkylation sites (N-methyl/N-ethyl adjacent to an activating group) is 1. The maximum atomic E-state index is 11.4. The van der Waals surface area contributed by atoms with Crippen molar-refractivity contribution in [1.29, 1.82) is 0 Å². The Hall–Kier alpha value is -0.980. The van der Waals surface area contributed by atoms with Crippen LogP contribution in [-0.2, 0) is 11.3 Å². The van der Waals surface area contributed by atoms with Crippen LogP contribution in [0.3, 0.4) is 0 Å². The summed E-state index contributed by atoms with van der Waals surface area (Å²) in [5.41, 5.74) is 1.05. The van der Waals surface area contributed by atoms with Gasteiger partial charge < -0.3 is 10.6 Å². The molecule has 1 fully saturated rings. The van der Waals surface area contributed by atoms with Crippen LogP contribution in [0.2, 0.25) is 0 Å². The molecule has 0 aliphatic carbocycles. The summed E-state index contributed by atoms with van der Waals surface area (Å²) in [6.45, 7) is 5.83. The van der Waals surface area contributed by atoms with Crippen LogP contribution >= 0.6 is 11.3 Å². The zero-order valence-corrected chi connectivity index (χ0v) is 12.4. The first-order valence-corrected chi connectivity index (χ1v) is 7.66. The van der Waals surface area contributed by atoms with E-state index >= 15 is 0 Å². The minimum Gasteiger partial charge on any atom is -0.311 e. The number of likely N-dealkylation sites (tertiary alicyclic amines) is 1. The van der Waals surface area contributed by atoms with Gasteiger partial charge in [0, 0.05) is 11.9 Å². The van der Waals surface area contributed by atoms with Crippen molar-refractivity contribution in [3.8, 4) is 0 Å². The fourth-order valence-electron chi connectivity index (χ4n) is 2.21. The smallest absolute Gasteiger partial charge is 0.240 e. The summed E-state index contributed by atoms with van der Waals surface area (Å²) >= 11 is 1.50. The van der Waals surface area contributed by atoms with Gasteiger partial charge >= 0.3 is 0 Å². The molecule has 0 atom stereocenters. The lowest BCUT2D eigenvalue weighted by Gasteiger charge is -2.29. The van der Waals surface area contributed by atoms with Crippen LogP contribution < -0.4 is 10.6 Å². The number of rotatable bonds is 5. The largest absolute Gasteiger partial charge is 0.311 e. The first-order chi connectivity index (χ1) is 9.17. The van der Waals surface area contributed by atoms with Gasteiger partial charge in [-0.2, -0.15) is 0 Å². The van der Waals surface area contributed by atoms with Crippen LogP contribution in [0.15, 0.2) is 5.38 Å². The highest BCUT2D eigenvalue weighted by molar-refractivity contribution is 7.13. The fraction of sp³-hybridized carbons (Fsp3) is 0.692. The summed E-state index contributed by atoms with van der Waals surface area (Å²) < 4.78 is 0. The van der Waals surface area contributed by atoms with Gasteiger partial charge in [0.2, 0.25) is 5.91 Å². The molecule has 2 heterocycles. The molecule has 19 heavy (non-hydrogen) atoms. The van der Waals surface area contributed by atoms with Crippen molar-refractivity contribution in [3.63, 3.8) is 0 Å². The molecular formula is C13H22N4OS. The number of nitrogens with zero attached hydrogens (tertiary/aromatic N) is 2. The topological polar surface area (TPSA) is 57.3 Å². The van der Waals surface area contributed by atoms with Crippen LogP contribution in [0, 0.1) is 5.92 Å². The molecular weight excluding hydrogens is 260 g/mol. The van der Waals surface area contributed by atoms with Crippen molar-refractivity contribution < 1.29 is 4.79 Å². The molecule has 1 aromatic heterocycles. The summed E-state index contributed by atoms with van der Waals surface area (Å²) in [4.78, 5) is 18.3. The van der Waals surface area contributed by atoms with Crippen molar-refractivity contribution >= 4 is 22.4 Å². The highest BCUT2D eigenvalue weighted by Crippen LogP contribution is 2.20. The van der Waals surface area contributed by atoms with E-state index in [1.54, 1.807) is 7.05 Å². The Balaban J connectivity index is 1.82. The van der Waals surface area contributed by atoms with E-state index < -0.39 is 0 Å². The number of aromatic nitrogens is 1. The molecule has 0 spiro atoms. The Labute approximate surface area is 118 Å². The number of thiazole rings is 1. The normalized spacial score (nSPS) is 17.6.